The van der Waals surface area contributed by atoms with Gasteiger partial charge in [0.15, 0.2) is 0 Å². The van der Waals surface area contributed by atoms with Gasteiger partial charge in [-0.1, -0.05) is 17.7 Å². The van der Waals surface area contributed by atoms with E-state index in [2.05, 4.69) is 5.10 Å². The molecule has 0 aliphatic rings. The topological polar surface area (TPSA) is 43.8 Å². The first-order valence-electron chi connectivity index (χ1n) is 5.55. The second kappa shape index (κ2) is 4.90. The van der Waals surface area contributed by atoms with E-state index in [-0.39, 0.29) is 6.04 Å². The maximum Gasteiger partial charge on any atom is 0.0522 e. The number of rotatable bonds is 3. The van der Waals surface area contributed by atoms with Crippen LogP contribution >= 0.6 is 11.6 Å². The number of benzene rings is 1. The zero-order chi connectivity index (χ0) is 12.4. The Labute approximate surface area is 106 Å². The minimum Gasteiger partial charge on any atom is -0.324 e. The normalized spacial score (nSPS) is 12.7. The summed E-state index contributed by atoms with van der Waals surface area (Å²) < 4.78 is 1.79. The Morgan fingerprint density at radius 2 is 2.24 bits per heavy atom. The number of halogens is 1. The van der Waals surface area contributed by atoms with E-state index in [0.717, 1.165) is 28.1 Å². The molecule has 0 aliphatic heterocycles. The average Bonchev–Trinajstić information content (AvgIpc) is 2.63. The highest BCUT2D eigenvalue weighted by Crippen LogP contribution is 2.22. The Bertz CT molecular complexity index is 519. The lowest BCUT2D eigenvalue weighted by Gasteiger charge is -2.14. The molecule has 0 aliphatic carbocycles. The first-order chi connectivity index (χ1) is 8.06. The van der Waals surface area contributed by atoms with Crippen LogP contribution in [0, 0.1) is 6.92 Å². The van der Waals surface area contributed by atoms with Gasteiger partial charge in [-0.25, -0.2) is 0 Å². The van der Waals surface area contributed by atoms with Gasteiger partial charge in [0.1, 0.15) is 0 Å². The van der Waals surface area contributed by atoms with Crippen LogP contribution in [0.15, 0.2) is 30.6 Å². The minimum absolute atomic E-state index is 0.0172. The van der Waals surface area contributed by atoms with E-state index in [1.165, 1.54) is 0 Å². The number of aromatic nitrogens is 2. The summed E-state index contributed by atoms with van der Waals surface area (Å²) in [6.07, 6.45) is 4.63. The molecular weight excluding hydrogens is 234 g/mol. The van der Waals surface area contributed by atoms with Crippen molar-refractivity contribution in [1.82, 2.24) is 9.78 Å². The van der Waals surface area contributed by atoms with Gasteiger partial charge in [0.05, 0.1) is 6.20 Å². The molecule has 0 saturated carbocycles. The summed E-state index contributed by atoms with van der Waals surface area (Å²) in [5.74, 6) is 0. The molecule has 0 saturated heterocycles. The zero-order valence-electron chi connectivity index (χ0n) is 10.0. The molecule has 0 spiro atoms. The van der Waals surface area contributed by atoms with Gasteiger partial charge in [0.25, 0.3) is 0 Å². The fourth-order valence-corrected chi connectivity index (χ4v) is 2.22. The molecule has 0 radical (unpaired) electrons. The zero-order valence-corrected chi connectivity index (χ0v) is 10.8. The molecule has 1 atom stereocenters. The molecule has 0 fully saturated rings. The van der Waals surface area contributed by atoms with Gasteiger partial charge in [0, 0.05) is 24.3 Å². The van der Waals surface area contributed by atoms with Crippen LogP contribution in [0.5, 0.6) is 0 Å². The summed E-state index contributed by atoms with van der Waals surface area (Å²) >= 11 is 5.93. The van der Waals surface area contributed by atoms with Gasteiger partial charge in [0.2, 0.25) is 0 Å². The monoisotopic (exact) mass is 249 g/mol. The number of hydrogen-bond donors (Lipinski definition) is 1. The minimum atomic E-state index is -0.0172. The van der Waals surface area contributed by atoms with Crippen molar-refractivity contribution >= 4 is 11.6 Å². The molecular formula is C13H16ClN3. The Kier molecular flexibility index (Phi) is 3.50. The molecule has 3 nitrogen and oxygen atoms in total. The predicted molar refractivity (Wildman–Crippen MR) is 70.0 cm³/mol. The van der Waals surface area contributed by atoms with Crippen LogP contribution in [-0.2, 0) is 13.5 Å². The van der Waals surface area contributed by atoms with Crippen molar-refractivity contribution in [2.75, 3.05) is 0 Å². The van der Waals surface area contributed by atoms with Crippen LogP contribution in [0.3, 0.4) is 0 Å². The predicted octanol–water partition coefficient (Wildman–Crippen LogP) is 2.62. The largest absolute Gasteiger partial charge is 0.324 e. The number of aryl methyl sites for hydroxylation is 2. The highest BCUT2D eigenvalue weighted by atomic mass is 35.5. The second-order valence-electron chi connectivity index (χ2n) is 4.33. The van der Waals surface area contributed by atoms with Crippen LogP contribution in [0.25, 0.3) is 0 Å². The molecule has 4 heteroatoms. The van der Waals surface area contributed by atoms with Crippen molar-refractivity contribution in [2.24, 2.45) is 12.8 Å². The smallest absolute Gasteiger partial charge is 0.0522 e. The standard InChI is InChI=1S/C13H16ClN3/c1-9-5-11(14)3-4-12(9)13(15)6-10-7-16-17(2)8-10/h3-5,7-8,13H,6,15H2,1-2H3. The fraction of sp³-hybridized carbons (Fsp3) is 0.308. The van der Waals surface area contributed by atoms with Crippen molar-refractivity contribution in [3.8, 4) is 0 Å². The average molecular weight is 250 g/mol. The summed E-state index contributed by atoms with van der Waals surface area (Å²) in [5.41, 5.74) is 9.63. The molecule has 2 rings (SSSR count). The van der Waals surface area contributed by atoms with Crippen LogP contribution < -0.4 is 5.73 Å². The van der Waals surface area contributed by atoms with Gasteiger partial charge in [-0.05, 0) is 42.2 Å². The van der Waals surface area contributed by atoms with E-state index in [0.29, 0.717) is 0 Å². The number of hydrogen-bond acceptors (Lipinski definition) is 2. The third kappa shape index (κ3) is 2.87. The van der Waals surface area contributed by atoms with Crippen molar-refractivity contribution < 1.29 is 0 Å². The third-order valence-electron chi connectivity index (χ3n) is 2.85. The van der Waals surface area contributed by atoms with Crippen LogP contribution in [0.4, 0.5) is 0 Å². The second-order valence-corrected chi connectivity index (χ2v) is 4.77. The van der Waals surface area contributed by atoms with Crippen LogP contribution in [-0.4, -0.2) is 9.78 Å². The highest BCUT2D eigenvalue weighted by Gasteiger charge is 2.11. The maximum atomic E-state index is 6.21. The lowest BCUT2D eigenvalue weighted by atomic mass is 9.97. The molecule has 1 heterocycles. The SMILES string of the molecule is Cc1cc(Cl)ccc1C(N)Cc1cnn(C)c1. The summed E-state index contributed by atoms with van der Waals surface area (Å²) in [6, 6.07) is 5.81. The summed E-state index contributed by atoms with van der Waals surface area (Å²) in [5, 5.41) is 4.89. The molecule has 1 aromatic carbocycles. The Morgan fingerprint density at radius 1 is 1.47 bits per heavy atom. The van der Waals surface area contributed by atoms with Crippen molar-refractivity contribution in [3.05, 3.63) is 52.3 Å². The molecule has 1 aromatic heterocycles. The maximum absolute atomic E-state index is 6.21. The van der Waals surface area contributed by atoms with Crippen molar-refractivity contribution in [1.29, 1.82) is 0 Å². The van der Waals surface area contributed by atoms with E-state index < -0.39 is 0 Å². The first kappa shape index (κ1) is 12.1. The number of nitrogens with zero attached hydrogens (tertiary/aromatic N) is 2. The Morgan fingerprint density at radius 3 is 2.82 bits per heavy atom. The summed E-state index contributed by atoms with van der Waals surface area (Å²) in [7, 11) is 1.91. The quantitative estimate of drug-likeness (QED) is 0.909. The molecule has 1 unspecified atom stereocenters. The van der Waals surface area contributed by atoms with E-state index in [1.54, 1.807) is 4.68 Å². The van der Waals surface area contributed by atoms with Crippen molar-refractivity contribution in [3.63, 3.8) is 0 Å². The van der Waals surface area contributed by atoms with E-state index in [9.17, 15) is 0 Å². The van der Waals surface area contributed by atoms with Crippen LogP contribution in [0.1, 0.15) is 22.7 Å². The van der Waals surface area contributed by atoms with Gasteiger partial charge >= 0.3 is 0 Å². The fourth-order valence-electron chi connectivity index (χ4n) is 2.00. The molecule has 90 valence electrons. The van der Waals surface area contributed by atoms with Gasteiger partial charge in [-0.15, -0.1) is 0 Å². The van der Waals surface area contributed by atoms with Gasteiger partial charge in [-0.3, -0.25) is 4.68 Å². The molecule has 2 N–H and O–H groups in total. The van der Waals surface area contributed by atoms with Gasteiger partial charge < -0.3 is 5.73 Å². The van der Waals surface area contributed by atoms with Crippen LogP contribution in [0.2, 0.25) is 5.02 Å². The van der Waals surface area contributed by atoms with Gasteiger partial charge in [-0.2, -0.15) is 5.10 Å². The van der Waals surface area contributed by atoms with E-state index in [1.807, 2.05) is 44.6 Å². The Balaban J connectivity index is 2.17. The number of nitrogens with two attached hydrogens (primary N) is 1. The third-order valence-corrected chi connectivity index (χ3v) is 3.08. The van der Waals surface area contributed by atoms with E-state index in [4.69, 9.17) is 17.3 Å². The molecule has 2 aromatic rings. The lowest BCUT2D eigenvalue weighted by molar-refractivity contribution is 0.714. The summed E-state index contributed by atoms with van der Waals surface area (Å²) in [6.45, 7) is 2.03. The van der Waals surface area contributed by atoms with E-state index >= 15 is 0 Å². The summed E-state index contributed by atoms with van der Waals surface area (Å²) in [4.78, 5) is 0. The molecule has 0 bridgehead atoms. The lowest BCUT2D eigenvalue weighted by Crippen LogP contribution is -2.14. The highest BCUT2D eigenvalue weighted by molar-refractivity contribution is 6.30. The van der Waals surface area contributed by atoms with Crippen molar-refractivity contribution in [2.45, 2.75) is 19.4 Å². The molecule has 17 heavy (non-hydrogen) atoms. The first-order valence-corrected chi connectivity index (χ1v) is 5.93. The Hall–Kier alpha value is -1.32. The molecule has 0 amide bonds.